The van der Waals surface area contributed by atoms with Crippen molar-refractivity contribution in [2.45, 2.75) is 6.42 Å². The van der Waals surface area contributed by atoms with Crippen molar-refractivity contribution in [3.05, 3.63) is 29.8 Å². The molecular formula is C8H9ClFN. The van der Waals surface area contributed by atoms with E-state index in [1.165, 1.54) is 0 Å². The van der Waals surface area contributed by atoms with Crippen LogP contribution in [0.1, 0.15) is 5.56 Å². The standard InChI is InChI=1S/C8H8FN.ClH/c9-10-6-5-7-3-1-2-4-8(7)10;/h1-4H,5-6H2;1H. The first-order valence-electron chi connectivity index (χ1n) is 3.39. The van der Waals surface area contributed by atoms with E-state index in [2.05, 4.69) is 0 Å². The third-order valence-electron chi connectivity index (χ3n) is 1.83. The second-order valence-electron chi connectivity index (χ2n) is 2.46. The maximum atomic E-state index is 12.7. The summed E-state index contributed by atoms with van der Waals surface area (Å²) >= 11 is 0. The van der Waals surface area contributed by atoms with Crippen LogP contribution in [0.25, 0.3) is 0 Å². The van der Waals surface area contributed by atoms with Gasteiger partial charge in [0.1, 0.15) is 0 Å². The molecule has 3 heteroatoms. The second-order valence-corrected chi connectivity index (χ2v) is 2.46. The highest BCUT2D eigenvalue weighted by molar-refractivity contribution is 5.85. The quantitative estimate of drug-likeness (QED) is 0.545. The Hall–Kier alpha value is -0.760. The zero-order valence-electron chi connectivity index (χ0n) is 5.96. The van der Waals surface area contributed by atoms with Crippen LogP contribution in [0.2, 0.25) is 0 Å². The lowest BCUT2D eigenvalue weighted by Gasteiger charge is -2.03. The van der Waals surface area contributed by atoms with E-state index >= 15 is 0 Å². The van der Waals surface area contributed by atoms with Crippen LogP contribution >= 0.6 is 12.4 Å². The Morgan fingerprint density at radius 3 is 2.73 bits per heavy atom. The molecule has 0 radical (unpaired) electrons. The van der Waals surface area contributed by atoms with Gasteiger partial charge in [0, 0.05) is 0 Å². The van der Waals surface area contributed by atoms with Crippen molar-refractivity contribution in [3.8, 4) is 0 Å². The number of rotatable bonds is 0. The fourth-order valence-electron chi connectivity index (χ4n) is 1.30. The van der Waals surface area contributed by atoms with Crippen molar-refractivity contribution < 1.29 is 4.48 Å². The molecule has 2 rings (SSSR count). The third-order valence-corrected chi connectivity index (χ3v) is 1.83. The first-order valence-corrected chi connectivity index (χ1v) is 3.39. The Morgan fingerprint density at radius 1 is 1.27 bits per heavy atom. The minimum absolute atomic E-state index is 0. The largest absolute Gasteiger partial charge is 0.211 e. The predicted octanol–water partition coefficient (Wildman–Crippen LogP) is 2.36. The van der Waals surface area contributed by atoms with Crippen LogP contribution in [0, 0.1) is 0 Å². The van der Waals surface area contributed by atoms with Crippen LogP contribution in [0.15, 0.2) is 24.3 Å². The van der Waals surface area contributed by atoms with Crippen LogP contribution in [0.4, 0.5) is 10.2 Å². The highest BCUT2D eigenvalue weighted by Gasteiger charge is 2.16. The van der Waals surface area contributed by atoms with Crippen molar-refractivity contribution in [1.29, 1.82) is 0 Å². The lowest BCUT2D eigenvalue weighted by atomic mass is 10.2. The Morgan fingerprint density at radius 2 is 2.00 bits per heavy atom. The predicted molar refractivity (Wildman–Crippen MR) is 45.8 cm³/mol. The van der Waals surface area contributed by atoms with E-state index in [1.54, 1.807) is 0 Å². The molecule has 0 spiro atoms. The molecule has 0 saturated carbocycles. The summed E-state index contributed by atoms with van der Waals surface area (Å²) in [6, 6.07) is 7.58. The molecule has 1 aromatic rings. The van der Waals surface area contributed by atoms with Gasteiger partial charge in [-0.25, -0.2) is 5.12 Å². The van der Waals surface area contributed by atoms with Crippen LogP contribution in [-0.2, 0) is 6.42 Å². The van der Waals surface area contributed by atoms with Crippen LogP contribution < -0.4 is 5.12 Å². The molecule has 1 heterocycles. The Labute approximate surface area is 71.2 Å². The fourth-order valence-corrected chi connectivity index (χ4v) is 1.30. The molecule has 0 amide bonds. The molecule has 0 fully saturated rings. The van der Waals surface area contributed by atoms with E-state index in [1.807, 2.05) is 24.3 Å². The molecule has 0 aromatic heterocycles. The molecule has 1 aromatic carbocycles. The molecular weight excluding hydrogens is 165 g/mol. The summed E-state index contributed by atoms with van der Waals surface area (Å²) in [5.41, 5.74) is 1.85. The van der Waals surface area contributed by atoms with E-state index in [-0.39, 0.29) is 12.4 Å². The van der Waals surface area contributed by atoms with Crippen molar-refractivity contribution >= 4 is 18.1 Å². The van der Waals surface area contributed by atoms with Gasteiger partial charge in [0.05, 0.1) is 12.2 Å². The summed E-state index contributed by atoms with van der Waals surface area (Å²) in [7, 11) is 0. The number of fused-ring (bicyclic) bond motifs is 1. The SMILES string of the molecule is Cl.FN1CCc2ccccc21. The van der Waals surface area contributed by atoms with Gasteiger partial charge in [-0.3, -0.25) is 0 Å². The molecule has 0 N–H and O–H groups in total. The van der Waals surface area contributed by atoms with E-state index < -0.39 is 0 Å². The monoisotopic (exact) mass is 173 g/mol. The first-order chi connectivity index (χ1) is 4.88. The zero-order valence-corrected chi connectivity index (χ0v) is 6.77. The van der Waals surface area contributed by atoms with Crippen molar-refractivity contribution in [2.24, 2.45) is 0 Å². The van der Waals surface area contributed by atoms with Crippen LogP contribution in [0.3, 0.4) is 0 Å². The minimum Gasteiger partial charge on any atom is -0.211 e. The molecule has 0 bridgehead atoms. The Kier molecular flexibility index (Phi) is 2.35. The van der Waals surface area contributed by atoms with Gasteiger partial charge in [-0.05, 0) is 18.1 Å². The highest BCUT2D eigenvalue weighted by atomic mass is 35.5. The Balaban J connectivity index is 0.000000605. The maximum absolute atomic E-state index is 12.7. The molecule has 1 nitrogen and oxygen atoms in total. The van der Waals surface area contributed by atoms with Crippen molar-refractivity contribution in [1.82, 2.24) is 0 Å². The summed E-state index contributed by atoms with van der Waals surface area (Å²) in [5.74, 6) is 0. The fraction of sp³-hybridized carbons (Fsp3) is 0.250. The molecule has 0 atom stereocenters. The molecule has 0 unspecified atom stereocenters. The van der Waals surface area contributed by atoms with Gasteiger partial charge in [-0.2, -0.15) is 0 Å². The summed E-state index contributed by atoms with van der Waals surface area (Å²) < 4.78 is 12.7. The lowest BCUT2D eigenvalue weighted by Crippen LogP contribution is -2.05. The van der Waals surface area contributed by atoms with Crippen LogP contribution in [-0.4, -0.2) is 6.54 Å². The molecule has 0 saturated heterocycles. The summed E-state index contributed by atoms with van der Waals surface area (Å²) in [6.45, 7) is 0.513. The van der Waals surface area contributed by atoms with E-state index in [9.17, 15) is 4.48 Å². The van der Waals surface area contributed by atoms with Gasteiger partial charge in [0.15, 0.2) is 0 Å². The topological polar surface area (TPSA) is 3.24 Å². The summed E-state index contributed by atoms with van der Waals surface area (Å²) in [6.07, 6.45) is 0.840. The van der Waals surface area contributed by atoms with Crippen molar-refractivity contribution in [3.63, 3.8) is 0 Å². The van der Waals surface area contributed by atoms with Gasteiger partial charge in [-0.15, -0.1) is 12.4 Å². The smallest absolute Gasteiger partial charge is 0.0720 e. The third kappa shape index (κ3) is 1.31. The number of hydrogen-bond acceptors (Lipinski definition) is 1. The maximum Gasteiger partial charge on any atom is 0.0720 e. The van der Waals surface area contributed by atoms with Crippen LogP contribution in [0.5, 0.6) is 0 Å². The summed E-state index contributed by atoms with van der Waals surface area (Å²) in [5, 5.41) is 0.801. The van der Waals surface area contributed by atoms with Gasteiger partial charge >= 0.3 is 0 Å². The molecule has 60 valence electrons. The van der Waals surface area contributed by atoms with E-state index in [4.69, 9.17) is 0 Å². The normalized spacial score (nSPS) is 14.1. The number of hydrogen-bond donors (Lipinski definition) is 0. The van der Waals surface area contributed by atoms with Gasteiger partial charge in [-0.1, -0.05) is 22.7 Å². The van der Waals surface area contributed by atoms with Gasteiger partial charge < -0.3 is 0 Å². The minimum atomic E-state index is 0. The summed E-state index contributed by atoms with van der Waals surface area (Å²) in [4.78, 5) is 0. The average molecular weight is 174 g/mol. The average Bonchev–Trinajstić information content (AvgIpc) is 2.34. The van der Waals surface area contributed by atoms with Crippen molar-refractivity contribution in [2.75, 3.05) is 11.7 Å². The zero-order chi connectivity index (χ0) is 6.97. The molecule has 1 aliphatic heterocycles. The van der Waals surface area contributed by atoms with Gasteiger partial charge in [0.25, 0.3) is 0 Å². The first kappa shape index (κ1) is 8.34. The highest BCUT2D eigenvalue weighted by Crippen LogP contribution is 2.26. The molecule has 1 aliphatic rings. The van der Waals surface area contributed by atoms with Gasteiger partial charge in [0.2, 0.25) is 0 Å². The number of benzene rings is 1. The Bertz CT molecular complexity index is 252. The second kappa shape index (κ2) is 3.09. The number of anilines is 1. The molecule has 0 aliphatic carbocycles. The number of nitrogens with zero attached hydrogens (tertiary/aromatic N) is 1. The van der Waals surface area contributed by atoms with E-state index in [0.717, 1.165) is 22.8 Å². The van der Waals surface area contributed by atoms with E-state index in [0.29, 0.717) is 6.54 Å². The number of halogens is 2. The molecule has 11 heavy (non-hydrogen) atoms. The number of para-hydroxylation sites is 1. The lowest BCUT2D eigenvalue weighted by molar-refractivity contribution is 0.451.